The second-order valence-electron chi connectivity index (χ2n) is 7.28. The first-order chi connectivity index (χ1) is 10.7. The smallest absolute Gasteiger partial charge is 0.000136 e. The highest BCUT2D eigenvalue weighted by atomic mass is 14.2. The second-order valence-corrected chi connectivity index (χ2v) is 7.28. The van der Waals surface area contributed by atoms with Crippen molar-refractivity contribution in [3.63, 3.8) is 0 Å². The normalized spacial score (nSPS) is 13.1. The predicted octanol–water partition coefficient (Wildman–Crippen LogP) is 7.81. The standard InChI is InChI=1S/C10H14.C9H14.2C2H6/c1-10(2,3)9-7-5-4-6-8-9;1-9(2,3)8-6-4-5-7-8;2*1-2/h4-8H,1-3H3;4-8H,1-3H3;2*1-2H3. The van der Waals surface area contributed by atoms with Gasteiger partial charge in [-0.05, 0) is 16.4 Å². The summed E-state index contributed by atoms with van der Waals surface area (Å²) < 4.78 is 0. The fourth-order valence-corrected chi connectivity index (χ4v) is 1.95. The molecule has 0 radical (unpaired) electrons. The van der Waals surface area contributed by atoms with Crippen LogP contribution in [0.1, 0.15) is 74.8 Å². The molecule has 0 bridgehead atoms. The molecule has 0 spiro atoms. The maximum Gasteiger partial charge on any atom is 0.000136 e. The van der Waals surface area contributed by atoms with Crippen molar-refractivity contribution >= 4 is 0 Å². The number of allylic oxidation sites excluding steroid dienone is 4. The molecule has 1 aromatic rings. The molecule has 1 aliphatic carbocycles. The molecule has 0 fully saturated rings. The maximum absolute atomic E-state index is 2.26. The fraction of sp³-hybridized carbons (Fsp3) is 0.565. The van der Waals surface area contributed by atoms with Crippen LogP contribution in [0.2, 0.25) is 0 Å². The molecule has 0 nitrogen and oxygen atoms in total. The Kier molecular flexibility index (Phi) is 12.7. The van der Waals surface area contributed by atoms with Gasteiger partial charge in [-0.3, -0.25) is 0 Å². The maximum atomic E-state index is 2.26. The monoisotopic (exact) mass is 316 g/mol. The van der Waals surface area contributed by atoms with Crippen LogP contribution < -0.4 is 0 Å². The third kappa shape index (κ3) is 11.0. The largest absolute Gasteiger partial charge is 0.0771 e. The summed E-state index contributed by atoms with van der Waals surface area (Å²) in [4.78, 5) is 0. The van der Waals surface area contributed by atoms with Crippen LogP contribution in [0.15, 0.2) is 54.6 Å². The van der Waals surface area contributed by atoms with E-state index in [1.54, 1.807) is 0 Å². The van der Waals surface area contributed by atoms with Crippen LogP contribution in [-0.2, 0) is 5.41 Å². The lowest BCUT2D eigenvalue weighted by atomic mass is 9.82. The topological polar surface area (TPSA) is 0 Å². The van der Waals surface area contributed by atoms with Crippen LogP contribution in [0.4, 0.5) is 0 Å². The lowest BCUT2D eigenvalue weighted by molar-refractivity contribution is 0.346. The van der Waals surface area contributed by atoms with Gasteiger partial charge in [0.1, 0.15) is 0 Å². The van der Waals surface area contributed by atoms with E-state index < -0.39 is 0 Å². The summed E-state index contributed by atoms with van der Waals surface area (Å²) in [5.74, 6) is 0.650. The lowest BCUT2D eigenvalue weighted by Crippen LogP contribution is -2.14. The molecule has 2 rings (SSSR count). The Bertz CT molecular complexity index is 409. The van der Waals surface area contributed by atoms with Gasteiger partial charge >= 0.3 is 0 Å². The van der Waals surface area contributed by atoms with E-state index in [-0.39, 0.29) is 0 Å². The van der Waals surface area contributed by atoms with Gasteiger partial charge < -0.3 is 0 Å². The van der Waals surface area contributed by atoms with Crippen LogP contribution in [-0.4, -0.2) is 0 Å². The average Bonchev–Trinajstić information content (AvgIpc) is 3.07. The van der Waals surface area contributed by atoms with Crippen molar-refractivity contribution in [3.8, 4) is 0 Å². The molecule has 0 aliphatic heterocycles. The quantitative estimate of drug-likeness (QED) is 0.458. The Morgan fingerprint density at radius 1 is 0.652 bits per heavy atom. The van der Waals surface area contributed by atoms with Crippen molar-refractivity contribution in [2.24, 2.45) is 11.3 Å². The minimum Gasteiger partial charge on any atom is -0.0771 e. The molecule has 0 N–H and O–H groups in total. The fourth-order valence-electron chi connectivity index (χ4n) is 1.95. The highest BCUT2D eigenvalue weighted by Gasteiger charge is 2.20. The summed E-state index contributed by atoms with van der Waals surface area (Å²) in [5.41, 5.74) is 2.10. The zero-order valence-corrected chi connectivity index (χ0v) is 17.3. The number of rotatable bonds is 0. The minimum atomic E-state index is 0.293. The van der Waals surface area contributed by atoms with E-state index in [4.69, 9.17) is 0 Å². The molecule has 0 unspecified atom stereocenters. The summed E-state index contributed by atoms with van der Waals surface area (Å²) in [5, 5.41) is 0. The van der Waals surface area contributed by atoms with E-state index in [2.05, 4.69) is 96.2 Å². The molecule has 0 aromatic heterocycles. The van der Waals surface area contributed by atoms with E-state index in [1.165, 1.54) is 5.56 Å². The van der Waals surface area contributed by atoms with E-state index in [9.17, 15) is 0 Å². The van der Waals surface area contributed by atoms with Crippen LogP contribution >= 0.6 is 0 Å². The summed E-state index contributed by atoms with van der Waals surface area (Å²) in [6, 6.07) is 10.6. The van der Waals surface area contributed by atoms with Crippen molar-refractivity contribution in [1.29, 1.82) is 0 Å². The molecular formula is C23H40. The van der Waals surface area contributed by atoms with Crippen molar-refractivity contribution < 1.29 is 0 Å². The van der Waals surface area contributed by atoms with Crippen molar-refractivity contribution in [1.82, 2.24) is 0 Å². The summed E-state index contributed by atoms with van der Waals surface area (Å²) in [6.07, 6.45) is 8.74. The summed E-state index contributed by atoms with van der Waals surface area (Å²) >= 11 is 0. The molecule has 132 valence electrons. The van der Waals surface area contributed by atoms with Gasteiger partial charge in [0, 0.05) is 5.92 Å². The second kappa shape index (κ2) is 12.2. The van der Waals surface area contributed by atoms with Crippen molar-refractivity contribution in [2.45, 2.75) is 74.7 Å². The first-order valence-electron chi connectivity index (χ1n) is 9.12. The molecular weight excluding hydrogens is 276 g/mol. The zero-order chi connectivity index (χ0) is 18.5. The van der Waals surface area contributed by atoms with Gasteiger partial charge in [-0.2, -0.15) is 0 Å². The molecule has 0 saturated heterocycles. The Morgan fingerprint density at radius 2 is 1.04 bits per heavy atom. The summed E-state index contributed by atoms with van der Waals surface area (Å²) in [7, 11) is 0. The van der Waals surface area contributed by atoms with Gasteiger partial charge in [-0.15, -0.1) is 0 Å². The van der Waals surface area contributed by atoms with Crippen LogP contribution in [0.3, 0.4) is 0 Å². The summed E-state index contributed by atoms with van der Waals surface area (Å²) in [6.45, 7) is 21.5. The van der Waals surface area contributed by atoms with Gasteiger partial charge in [0.2, 0.25) is 0 Å². The lowest BCUT2D eigenvalue weighted by Gasteiger charge is -2.23. The van der Waals surface area contributed by atoms with Gasteiger partial charge in [0.15, 0.2) is 0 Å². The molecule has 0 amide bonds. The molecule has 0 saturated carbocycles. The Balaban J connectivity index is 0. The molecule has 1 aliphatic rings. The average molecular weight is 317 g/mol. The van der Waals surface area contributed by atoms with Crippen LogP contribution in [0, 0.1) is 11.3 Å². The van der Waals surface area contributed by atoms with Crippen molar-refractivity contribution in [3.05, 3.63) is 60.2 Å². The number of benzene rings is 1. The van der Waals surface area contributed by atoms with E-state index in [0.29, 0.717) is 16.7 Å². The number of hydrogen-bond donors (Lipinski definition) is 0. The molecule has 0 heteroatoms. The number of hydrogen-bond acceptors (Lipinski definition) is 0. The van der Waals surface area contributed by atoms with Crippen LogP contribution in [0.25, 0.3) is 0 Å². The Hall–Kier alpha value is -1.30. The van der Waals surface area contributed by atoms with E-state index >= 15 is 0 Å². The molecule has 0 heterocycles. The first-order valence-corrected chi connectivity index (χ1v) is 9.12. The van der Waals surface area contributed by atoms with Gasteiger partial charge in [0.25, 0.3) is 0 Å². The third-order valence-electron chi connectivity index (χ3n) is 3.39. The SMILES string of the molecule is CC.CC.CC(C)(C)C1C=CC=C1.CC(C)(C)c1ccccc1. The zero-order valence-electron chi connectivity index (χ0n) is 17.3. The molecule has 1 aromatic carbocycles. The van der Waals surface area contributed by atoms with E-state index in [1.807, 2.05) is 27.7 Å². The van der Waals surface area contributed by atoms with E-state index in [0.717, 1.165) is 0 Å². The highest BCUT2D eigenvalue weighted by Crippen LogP contribution is 2.30. The third-order valence-corrected chi connectivity index (χ3v) is 3.39. The Morgan fingerprint density at radius 3 is 1.26 bits per heavy atom. The predicted molar refractivity (Wildman–Crippen MR) is 109 cm³/mol. The molecule has 23 heavy (non-hydrogen) atoms. The van der Waals surface area contributed by atoms with Crippen LogP contribution in [0.5, 0.6) is 0 Å². The Labute approximate surface area is 146 Å². The highest BCUT2D eigenvalue weighted by molar-refractivity contribution is 5.22. The first kappa shape index (κ1) is 24.0. The van der Waals surface area contributed by atoms with Gasteiger partial charge in [-0.1, -0.05) is 124 Å². The van der Waals surface area contributed by atoms with Crippen molar-refractivity contribution in [2.75, 3.05) is 0 Å². The minimum absolute atomic E-state index is 0.293. The van der Waals surface area contributed by atoms with Gasteiger partial charge in [0.05, 0.1) is 0 Å². The van der Waals surface area contributed by atoms with Gasteiger partial charge in [-0.25, -0.2) is 0 Å². The molecule has 0 atom stereocenters.